The Morgan fingerprint density at radius 2 is 1.84 bits per heavy atom. The molecular formula is C25H35ClO4SSi. The van der Waals surface area contributed by atoms with Gasteiger partial charge in [0.15, 0.2) is 5.78 Å². The average molecular weight is 495 g/mol. The van der Waals surface area contributed by atoms with Crippen molar-refractivity contribution in [3.8, 4) is 5.75 Å². The van der Waals surface area contributed by atoms with Crippen LogP contribution in [0.25, 0.3) is 0 Å². The zero-order valence-corrected chi connectivity index (χ0v) is 23.0. The molecule has 7 heteroatoms. The van der Waals surface area contributed by atoms with Crippen LogP contribution in [0.2, 0.25) is 25.7 Å². The molecule has 1 unspecified atom stereocenters. The molecule has 1 aromatic carbocycles. The van der Waals surface area contributed by atoms with Crippen LogP contribution in [-0.4, -0.2) is 33.5 Å². The second-order valence-corrected chi connectivity index (χ2v) is 17.0. The number of hydrogen-bond donors (Lipinski definition) is 0. The molecule has 2 aromatic rings. The molecule has 0 saturated carbocycles. The van der Waals surface area contributed by atoms with Gasteiger partial charge in [-0.15, -0.1) is 22.9 Å². The number of ether oxygens (including phenoxy) is 2. The highest BCUT2D eigenvalue weighted by molar-refractivity contribution is 7.14. The largest absolute Gasteiger partial charge is 0.495 e. The van der Waals surface area contributed by atoms with E-state index in [-0.39, 0.29) is 17.7 Å². The quantitative estimate of drug-likeness (QED) is 0.154. The number of aryl methyl sites for hydroxylation is 1. The Morgan fingerprint density at radius 3 is 2.34 bits per heavy atom. The molecule has 1 atom stereocenters. The smallest absolute Gasteiger partial charge is 0.312 e. The predicted molar refractivity (Wildman–Crippen MR) is 136 cm³/mol. The SMILES string of the molecule is COc1cc(C(c2ccc(C)c(CCl)c2)C(C)(C)C(=O)OCC[Si](C)(C)C)sc1C(C)=O. The number of esters is 1. The van der Waals surface area contributed by atoms with Gasteiger partial charge in [-0.1, -0.05) is 37.8 Å². The molecule has 2 rings (SSSR count). The lowest BCUT2D eigenvalue weighted by atomic mass is 9.73. The monoisotopic (exact) mass is 494 g/mol. The summed E-state index contributed by atoms with van der Waals surface area (Å²) >= 11 is 7.56. The number of ketones is 1. The first kappa shape index (κ1) is 26.6. The minimum Gasteiger partial charge on any atom is -0.495 e. The first-order chi connectivity index (χ1) is 14.8. The van der Waals surface area contributed by atoms with Gasteiger partial charge >= 0.3 is 5.97 Å². The molecule has 0 amide bonds. The topological polar surface area (TPSA) is 52.6 Å². The van der Waals surface area contributed by atoms with Crippen LogP contribution in [0.3, 0.4) is 0 Å². The number of alkyl halides is 1. The lowest BCUT2D eigenvalue weighted by molar-refractivity contribution is -0.154. The number of rotatable bonds is 10. The standard InChI is InChI=1S/C25H35ClO4SSi/c1-16-9-10-18(13-19(16)15-26)22(21-14-20(29-5)23(31-21)17(2)27)25(3,4)24(28)30-11-12-32(6,7)8/h9-10,13-14,22H,11-12,15H2,1-8H3. The lowest BCUT2D eigenvalue weighted by Gasteiger charge is -2.33. The Bertz CT molecular complexity index is 975. The van der Waals surface area contributed by atoms with Crippen LogP contribution in [0, 0.1) is 12.3 Å². The van der Waals surface area contributed by atoms with Gasteiger partial charge in [-0.2, -0.15) is 0 Å². The average Bonchev–Trinajstić information content (AvgIpc) is 3.12. The van der Waals surface area contributed by atoms with Crippen LogP contribution >= 0.6 is 22.9 Å². The van der Waals surface area contributed by atoms with E-state index >= 15 is 0 Å². The van der Waals surface area contributed by atoms with Crippen molar-refractivity contribution in [3.05, 3.63) is 50.7 Å². The maximum absolute atomic E-state index is 13.3. The third kappa shape index (κ3) is 6.24. The Hall–Kier alpha value is -1.63. The predicted octanol–water partition coefficient (Wildman–Crippen LogP) is 7.05. The van der Waals surface area contributed by atoms with E-state index in [4.69, 9.17) is 21.1 Å². The van der Waals surface area contributed by atoms with Crippen molar-refractivity contribution < 1.29 is 19.1 Å². The van der Waals surface area contributed by atoms with Gasteiger partial charge in [0, 0.05) is 31.7 Å². The third-order valence-corrected chi connectivity index (χ3v) is 9.00. The number of thiophene rings is 1. The van der Waals surface area contributed by atoms with Crippen molar-refractivity contribution in [3.63, 3.8) is 0 Å². The number of benzene rings is 1. The third-order valence-electron chi connectivity index (χ3n) is 5.72. The molecule has 0 aliphatic carbocycles. The molecule has 32 heavy (non-hydrogen) atoms. The first-order valence-electron chi connectivity index (χ1n) is 10.8. The Kier molecular flexibility index (Phi) is 8.76. The summed E-state index contributed by atoms with van der Waals surface area (Å²) in [5.41, 5.74) is 2.23. The van der Waals surface area contributed by atoms with Crippen molar-refractivity contribution in [1.82, 2.24) is 0 Å². The Morgan fingerprint density at radius 1 is 1.19 bits per heavy atom. The molecule has 1 aromatic heterocycles. The molecular weight excluding hydrogens is 460 g/mol. The van der Waals surface area contributed by atoms with Gasteiger partial charge in [0.25, 0.3) is 0 Å². The van der Waals surface area contributed by atoms with E-state index in [1.807, 2.05) is 39.0 Å². The van der Waals surface area contributed by atoms with E-state index in [0.717, 1.165) is 27.6 Å². The summed E-state index contributed by atoms with van der Waals surface area (Å²) in [7, 11) is 0.234. The molecule has 0 fully saturated rings. The van der Waals surface area contributed by atoms with E-state index < -0.39 is 13.5 Å². The molecule has 1 heterocycles. The Labute approximate surface area is 202 Å². The highest BCUT2D eigenvalue weighted by Gasteiger charge is 2.42. The summed E-state index contributed by atoms with van der Waals surface area (Å²) in [5, 5.41) is 0. The minimum atomic E-state index is -1.32. The van der Waals surface area contributed by atoms with Gasteiger partial charge in [0.05, 0.1) is 19.1 Å². The van der Waals surface area contributed by atoms with Crippen molar-refractivity contribution >= 4 is 42.8 Å². The summed E-state index contributed by atoms with van der Waals surface area (Å²) in [6.45, 7) is 14.6. The van der Waals surface area contributed by atoms with E-state index in [1.165, 1.54) is 18.3 Å². The van der Waals surface area contributed by atoms with E-state index in [9.17, 15) is 9.59 Å². The zero-order chi connectivity index (χ0) is 24.3. The first-order valence-corrected chi connectivity index (χ1v) is 15.9. The van der Waals surface area contributed by atoms with Crippen LogP contribution in [0.1, 0.15) is 57.9 Å². The number of Topliss-reactive ketones (excluding diaryl/α,β-unsaturated/α-hetero) is 1. The van der Waals surface area contributed by atoms with Crippen LogP contribution < -0.4 is 4.74 Å². The molecule has 0 spiro atoms. The van der Waals surface area contributed by atoms with Crippen molar-refractivity contribution in [1.29, 1.82) is 0 Å². The highest BCUT2D eigenvalue weighted by atomic mass is 35.5. The molecule has 0 bridgehead atoms. The summed E-state index contributed by atoms with van der Waals surface area (Å²) in [6, 6.07) is 8.92. The number of halogens is 1. The fourth-order valence-corrected chi connectivity index (χ4v) is 5.98. The molecule has 0 radical (unpaired) electrons. The number of methoxy groups -OCH3 is 1. The van der Waals surface area contributed by atoms with Crippen LogP contribution in [0.5, 0.6) is 5.75 Å². The Balaban J connectivity index is 2.56. The summed E-state index contributed by atoms with van der Waals surface area (Å²) < 4.78 is 11.2. The van der Waals surface area contributed by atoms with Gasteiger partial charge in [-0.3, -0.25) is 9.59 Å². The second kappa shape index (κ2) is 10.5. The van der Waals surface area contributed by atoms with Gasteiger partial charge in [-0.05, 0) is 49.6 Å². The summed E-state index contributed by atoms with van der Waals surface area (Å²) in [6.07, 6.45) is 0. The van der Waals surface area contributed by atoms with E-state index in [2.05, 4.69) is 25.7 Å². The van der Waals surface area contributed by atoms with Gasteiger partial charge in [0.1, 0.15) is 10.6 Å². The highest BCUT2D eigenvalue weighted by Crippen LogP contribution is 2.47. The summed E-state index contributed by atoms with van der Waals surface area (Å²) in [4.78, 5) is 27.0. The molecule has 0 aliphatic heterocycles. The molecule has 4 nitrogen and oxygen atoms in total. The maximum atomic E-state index is 13.3. The number of carbonyl (C=O) groups excluding carboxylic acids is 2. The summed E-state index contributed by atoms with van der Waals surface area (Å²) in [5.74, 6) is 0.315. The molecule has 0 aliphatic rings. The zero-order valence-electron chi connectivity index (χ0n) is 20.4. The van der Waals surface area contributed by atoms with Crippen molar-refractivity contribution in [2.45, 2.75) is 65.2 Å². The minimum absolute atomic E-state index is 0.0577. The van der Waals surface area contributed by atoms with Gasteiger partial charge < -0.3 is 9.47 Å². The maximum Gasteiger partial charge on any atom is 0.312 e. The fraction of sp³-hybridized carbons (Fsp3) is 0.520. The van der Waals surface area contributed by atoms with Crippen LogP contribution in [0.4, 0.5) is 0 Å². The fourth-order valence-electron chi connectivity index (χ4n) is 3.64. The molecule has 176 valence electrons. The second-order valence-electron chi connectivity index (χ2n) is 10.0. The van der Waals surface area contributed by atoms with Crippen molar-refractivity contribution in [2.75, 3.05) is 13.7 Å². The van der Waals surface area contributed by atoms with E-state index in [1.54, 1.807) is 7.11 Å². The van der Waals surface area contributed by atoms with Crippen molar-refractivity contribution in [2.24, 2.45) is 5.41 Å². The van der Waals surface area contributed by atoms with Crippen LogP contribution in [0.15, 0.2) is 24.3 Å². The number of carbonyl (C=O) groups is 2. The lowest BCUT2D eigenvalue weighted by Crippen LogP contribution is -2.35. The van der Waals surface area contributed by atoms with Gasteiger partial charge in [-0.25, -0.2) is 0 Å². The van der Waals surface area contributed by atoms with Gasteiger partial charge in [0.2, 0.25) is 0 Å². The van der Waals surface area contributed by atoms with Crippen LogP contribution in [-0.2, 0) is 15.4 Å². The van der Waals surface area contributed by atoms with E-state index in [0.29, 0.717) is 23.1 Å². The molecule has 0 N–H and O–H groups in total. The number of hydrogen-bond acceptors (Lipinski definition) is 5. The normalized spacial score (nSPS) is 13.0. The molecule has 0 saturated heterocycles.